The van der Waals surface area contributed by atoms with Gasteiger partial charge < -0.3 is 15.2 Å². The molecule has 110 valence electrons. The Morgan fingerprint density at radius 1 is 1.45 bits per heavy atom. The Balaban J connectivity index is 3.00. The number of methoxy groups -OCH3 is 1. The Labute approximate surface area is 122 Å². The van der Waals surface area contributed by atoms with Gasteiger partial charge in [-0.3, -0.25) is 4.79 Å². The molecule has 0 saturated heterocycles. The summed E-state index contributed by atoms with van der Waals surface area (Å²) in [5, 5.41) is 12.1. The molecule has 0 aliphatic heterocycles. The number of nitrogens with one attached hydrogen (secondary N) is 1. The number of carboxylic acid groups (broad SMARTS) is 1. The molecule has 0 heterocycles. The Morgan fingerprint density at radius 2 is 2.10 bits per heavy atom. The maximum Gasteiger partial charge on any atom is 0.326 e. The van der Waals surface area contributed by atoms with Crippen molar-refractivity contribution in [2.75, 3.05) is 7.11 Å². The molecule has 20 heavy (non-hydrogen) atoms. The van der Waals surface area contributed by atoms with Gasteiger partial charge in [0.1, 0.15) is 11.8 Å². The normalized spacial score (nSPS) is 13.4. The van der Waals surface area contributed by atoms with Crippen LogP contribution in [0.5, 0.6) is 5.75 Å². The number of carboxylic acids is 1. The highest BCUT2D eigenvalue weighted by atomic mass is 35.5. The highest BCUT2D eigenvalue weighted by Crippen LogP contribution is 2.23. The third-order valence-corrected chi connectivity index (χ3v) is 3.41. The average molecular weight is 300 g/mol. The average Bonchev–Trinajstić information content (AvgIpc) is 2.43. The summed E-state index contributed by atoms with van der Waals surface area (Å²) in [5.74, 6) is -1.41. The van der Waals surface area contributed by atoms with Crippen molar-refractivity contribution in [3.05, 3.63) is 28.8 Å². The molecule has 0 aliphatic carbocycles. The highest BCUT2D eigenvalue weighted by molar-refractivity contribution is 6.31. The number of hydrogen-bond acceptors (Lipinski definition) is 3. The van der Waals surface area contributed by atoms with Crippen LogP contribution < -0.4 is 10.1 Å². The van der Waals surface area contributed by atoms with E-state index in [9.17, 15) is 14.7 Å². The van der Waals surface area contributed by atoms with Gasteiger partial charge in [-0.15, -0.1) is 0 Å². The van der Waals surface area contributed by atoms with Gasteiger partial charge in [-0.05, 0) is 24.1 Å². The van der Waals surface area contributed by atoms with Gasteiger partial charge in [-0.1, -0.05) is 31.9 Å². The molecule has 0 aromatic heterocycles. The van der Waals surface area contributed by atoms with Crippen LogP contribution in [0.4, 0.5) is 0 Å². The Kier molecular flexibility index (Phi) is 5.82. The van der Waals surface area contributed by atoms with Crippen molar-refractivity contribution in [1.82, 2.24) is 5.32 Å². The minimum Gasteiger partial charge on any atom is -0.496 e. The zero-order valence-electron chi connectivity index (χ0n) is 11.6. The number of aliphatic carboxylic acids is 1. The fraction of sp³-hybridized carbons (Fsp3) is 0.429. The first kappa shape index (κ1) is 16.3. The molecule has 6 heteroatoms. The SMILES string of the molecule is CCC(C)C(NC(=O)c1cc(Cl)ccc1OC)C(=O)O. The molecule has 0 fully saturated rings. The minimum absolute atomic E-state index is 0.179. The molecule has 0 aliphatic rings. The van der Waals surface area contributed by atoms with Gasteiger partial charge in [-0.25, -0.2) is 4.79 Å². The van der Waals surface area contributed by atoms with Crippen molar-refractivity contribution in [2.24, 2.45) is 5.92 Å². The summed E-state index contributed by atoms with van der Waals surface area (Å²) in [4.78, 5) is 23.4. The summed E-state index contributed by atoms with van der Waals surface area (Å²) in [6.07, 6.45) is 0.643. The summed E-state index contributed by atoms with van der Waals surface area (Å²) in [6.45, 7) is 3.64. The van der Waals surface area contributed by atoms with Crippen LogP contribution in [0.15, 0.2) is 18.2 Å². The van der Waals surface area contributed by atoms with Crippen molar-refractivity contribution in [3.8, 4) is 5.75 Å². The van der Waals surface area contributed by atoms with Crippen LogP contribution in [0, 0.1) is 5.92 Å². The van der Waals surface area contributed by atoms with Crippen LogP contribution >= 0.6 is 11.6 Å². The summed E-state index contributed by atoms with van der Waals surface area (Å²) >= 11 is 5.85. The van der Waals surface area contributed by atoms with Crippen molar-refractivity contribution in [1.29, 1.82) is 0 Å². The minimum atomic E-state index is -1.06. The zero-order valence-corrected chi connectivity index (χ0v) is 12.4. The van der Waals surface area contributed by atoms with Gasteiger partial charge in [0.2, 0.25) is 0 Å². The van der Waals surface area contributed by atoms with E-state index < -0.39 is 17.9 Å². The lowest BCUT2D eigenvalue weighted by Crippen LogP contribution is -2.45. The predicted octanol–water partition coefficient (Wildman–Crippen LogP) is 2.58. The third-order valence-electron chi connectivity index (χ3n) is 3.17. The molecule has 0 radical (unpaired) electrons. The smallest absolute Gasteiger partial charge is 0.326 e. The Bertz CT molecular complexity index is 504. The molecule has 1 aromatic rings. The molecule has 0 spiro atoms. The fourth-order valence-corrected chi connectivity index (χ4v) is 1.93. The number of amides is 1. The standard InChI is InChI=1S/C14H18ClNO4/c1-4-8(2)12(14(18)19)16-13(17)10-7-9(15)5-6-11(10)20-3/h5-8,12H,4H2,1-3H3,(H,16,17)(H,18,19). The number of hydrogen-bond donors (Lipinski definition) is 2. The van der Waals surface area contributed by atoms with E-state index in [1.165, 1.54) is 13.2 Å². The van der Waals surface area contributed by atoms with Crippen LogP contribution in [-0.4, -0.2) is 30.1 Å². The van der Waals surface area contributed by atoms with E-state index >= 15 is 0 Å². The molecule has 5 nitrogen and oxygen atoms in total. The zero-order chi connectivity index (χ0) is 15.3. The second kappa shape index (κ2) is 7.14. The molecular weight excluding hydrogens is 282 g/mol. The van der Waals surface area contributed by atoms with Crippen LogP contribution in [0.2, 0.25) is 5.02 Å². The van der Waals surface area contributed by atoms with E-state index in [1.54, 1.807) is 19.1 Å². The topological polar surface area (TPSA) is 75.6 Å². The molecule has 1 amide bonds. The van der Waals surface area contributed by atoms with Crippen LogP contribution in [-0.2, 0) is 4.79 Å². The third kappa shape index (κ3) is 3.87. The number of rotatable bonds is 6. The molecule has 2 atom stereocenters. The molecule has 1 rings (SSSR count). The van der Waals surface area contributed by atoms with Crippen LogP contribution in [0.1, 0.15) is 30.6 Å². The van der Waals surface area contributed by atoms with Crippen molar-refractivity contribution < 1.29 is 19.4 Å². The number of carbonyl (C=O) groups is 2. The lowest BCUT2D eigenvalue weighted by atomic mass is 9.99. The van der Waals surface area contributed by atoms with Crippen molar-refractivity contribution in [3.63, 3.8) is 0 Å². The van der Waals surface area contributed by atoms with E-state index in [-0.39, 0.29) is 11.5 Å². The number of ether oxygens (including phenoxy) is 1. The van der Waals surface area contributed by atoms with E-state index in [0.29, 0.717) is 17.2 Å². The van der Waals surface area contributed by atoms with Crippen LogP contribution in [0.25, 0.3) is 0 Å². The first-order valence-corrected chi connectivity index (χ1v) is 6.65. The summed E-state index contributed by atoms with van der Waals surface area (Å²) in [5.41, 5.74) is 0.217. The number of benzene rings is 1. The number of carbonyl (C=O) groups excluding carboxylic acids is 1. The maximum atomic E-state index is 12.2. The highest BCUT2D eigenvalue weighted by Gasteiger charge is 2.26. The van der Waals surface area contributed by atoms with E-state index in [4.69, 9.17) is 16.3 Å². The molecule has 0 bridgehead atoms. The Hall–Kier alpha value is -1.75. The van der Waals surface area contributed by atoms with Gasteiger partial charge in [0.05, 0.1) is 12.7 Å². The van der Waals surface area contributed by atoms with E-state index in [2.05, 4.69) is 5.32 Å². The first-order valence-electron chi connectivity index (χ1n) is 6.27. The lowest BCUT2D eigenvalue weighted by Gasteiger charge is -2.20. The monoisotopic (exact) mass is 299 g/mol. The lowest BCUT2D eigenvalue weighted by molar-refractivity contribution is -0.140. The van der Waals surface area contributed by atoms with Gasteiger partial charge >= 0.3 is 5.97 Å². The summed E-state index contributed by atoms with van der Waals surface area (Å²) in [6, 6.07) is 3.67. The fourth-order valence-electron chi connectivity index (χ4n) is 1.76. The molecular formula is C14H18ClNO4. The largest absolute Gasteiger partial charge is 0.496 e. The molecule has 2 N–H and O–H groups in total. The molecule has 2 unspecified atom stereocenters. The first-order chi connectivity index (χ1) is 9.40. The summed E-state index contributed by atoms with van der Waals surface area (Å²) in [7, 11) is 1.43. The van der Waals surface area contributed by atoms with E-state index in [0.717, 1.165) is 0 Å². The second-order valence-electron chi connectivity index (χ2n) is 4.52. The molecule has 1 aromatic carbocycles. The van der Waals surface area contributed by atoms with Gasteiger partial charge in [-0.2, -0.15) is 0 Å². The van der Waals surface area contributed by atoms with Gasteiger partial charge in [0, 0.05) is 5.02 Å². The van der Waals surface area contributed by atoms with E-state index in [1.807, 2.05) is 6.92 Å². The second-order valence-corrected chi connectivity index (χ2v) is 4.96. The predicted molar refractivity (Wildman–Crippen MR) is 76.3 cm³/mol. The maximum absolute atomic E-state index is 12.2. The quantitative estimate of drug-likeness (QED) is 0.846. The van der Waals surface area contributed by atoms with Crippen molar-refractivity contribution in [2.45, 2.75) is 26.3 Å². The van der Waals surface area contributed by atoms with Gasteiger partial charge in [0.15, 0.2) is 0 Å². The summed E-state index contributed by atoms with van der Waals surface area (Å²) < 4.78 is 5.08. The number of halogens is 1. The van der Waals surface area contributed by atoms with Crippen molar-refractivity contribution >= 4 is 23.5 Å². The molecule has 0 saturated carbocycles. The van der Waals surface area contributed by atoms with Crippen LogP contribution in [0.3, 0.4) is 0 Å². The van der Waals surface area contributed by atoms with Gasteiger partial charge in [0.25, 0.3) is 5.91 Å². The Morgan fingerprint density at radius 3 is 2.60 bits per heavy atom.